The number of hydrogen-bond acceptors (Lipinski definition) is 2. The third-order valence-corrected chi connectivity index (χ3v) is 6.26. The highest BCUT2D eigenvalue weighted by Gasteiger charge is 2.15. The van der Waals surface area contributed by atoms with Crippen LogP contribution in [0.25, 0.3) is 22.4 Å². The van der Waals surface area contributed by atoms with Crippen LogP contribution >= 0.6 is 11.3 Å². The molecule has 0 fully saturated rings. The summed E-state index contributed by atoms with van der Waals surface area (Å²) in [7, 11) is 1.89. The number of rotatable bonds is 4. The van der Waals surface area contributed by atoms with Crippen LogP contribution in [0.1, 0.15) is 22.2 Å². The molecule has 0 aliphatic rings. The summed E-state index contributed by atoms with van der Waals surface area (Å²) in [5.41, 5.74) is 4.28. The van der Waals surface area contributed by atoms with Crippen LogP contribution in [0.4, 0.5) is 4.39 Å². The van der Waals surface area contributed by atoms with Gasteiger partial charge in [-0.05, 0) is 53.4 Å². The molecule has 4 rings (SSSR count). The Morgan fingerprint density at radius 1 is 0.933 bits per heavy atom. The van der Waals surface area contributed by atoms with Gasteiger partial charge in [0.1, 0.15) is 5.82 Å². The first-order valence-corrected chi connectivity index (χ1v) is 10.6. The third-order valence-electron chi connectivity index (χ3n) is 4.98. The fourth-order valence-corrected chi connectivity index (χ4v) is 4.57. The van der Waals surface area contributed by atoms with Crippen LogP contribution in [0.5, 0.6) is 0 Å². The van der Waals surface area contributed by atoms with E-state index in [2.05, 4.69) is 11.9 Å². The predicted molar refractivity (Wildman–Crippen MR) is 120 cm³/mol. The molecular weight excluding hydrogens is 395 g/mol. The molecule has 0 saturated heterocycles. The minimum atomic E-state index is -0.278. The van der Waals surface area contributed by atoms with Gasteiger partial charge in [-0.2, -0.15) is 4.99 Å². The Labute approximate surface area is 178 Å². The standard InChI is InChI=1S/C25H21FN2OS/c1-3-22-23(18-13-15-19(26)16-14-18)28(2)25(30-22)27-24(29)21-12-8-7-11-20(21)17-9-5-4-6-10-17/h4-16H,3H2,1-2H3. The normalized spacial score (nSPS) is 11.6. The van der Waals surface area contributed by atoms with Crippen molar-refractivity contribution in [3.8, 4) is 22.4 Å². The summed E-state index contributed by atoms with van der Waals surface area (Å²) in [4.78, 5) is 19.3. The SMILES string of the molecule is CCc1sc(=NC(=O)c2ccccc2-c2ccccc2)n(C)c1-c1ccc(F)cc1. The maximum Gasteiger partial charge on any atom is 0.280 e. The van der Waals surface area contributed by atoms with Gasteiger partial charge in [0, 0.05) is 17.5 Å². The van der Waals surface area contributed by atoms with E-state index in [1.54, 1.807) is 12.1 Å². The molecule has 4 aromatic rings. The molecular formula is C25H21FN2OS. The van der Waals surface area contributed by atoms with E-state index in [0.717, 1.165) is 33.7 Å². The van der Waals surface area contributed by atoms with E-state index in [9.17, 15) is 9.18 Å². The number of amides is 1. The molecule has 5 heteroatoms. The number of hydrogen-bond donors (Lipinski definition) is 0. The van der Waals surface area contributed by atoms with Crippen molar-refractivity contribution in [2.75, 3.05) is 0 Å². The van der Waals surface area contributed by atoms with Crippen molar-refractivity contribution in [2.45, 2.75) is 13.3 Å². The molecule has 0 aliphatic heterocycles. The summed E-state index contributed by atoms with van der Waals surface area (Å²) in [5.74, 6) is -0.549. The Balaban J connectivity index is 1.80. The van der Waals surface area contributed by atoms with Gasteiger partial charge in [-0.15, -0.1) is 11.3 Å². The van der Waals surface area contributed by atoms with Crippen molar-refractivity contribution < 1.29 is 9.18 Å². The number of carbonyl (C=O) groups is 1. The Bertz CT molecular complexity index is 1250. The van der Waals surface area contributed by atoms with E-state index in [1.807, 2.05) is 66.2 Å². The van der Waals surface area contributed by atoms with Crippen LogP contribution in [0.3, 0.4) is 0 Å². The average Bonchev–Trinajstić information content (AvgIpc) is 3.10. The monoisotopic (exact) mass is 416 g/mol. The number of aryl methyl sites for hydroxylation is 1. The zero-order valence-corrected chi connectivity index (χ0v) is 17.6. The summed E-state index contributed by atoms with van der Waals surface area (Å²) in [5, 5.41) is 0. The van der Waals surface area contributed by atoms with Gasteiger partial charge in [-0.25, -0.2) is 4.39 Å². The maximum atomic E-state index is 13.4. The van der Waals surface area contributed by atoms with Crippen molar-refractivity contribution >= 4 is 17.2 Å². The second kappa shape index (κ2) is 8.59. The topological polar surface area (TPSA) is 34.4 Å². The largest absolute Gasteiger partial charge is 0.319 e. The molecule has 0 spiro atoms. The number of aromatic nitrogens is 1. The Kier molecular flexibility index (Phi) is 5.72. The highest BCUT2D eigenvalue weighted by atomic mass is 32.1. The second-order valence-electron chi connectivity index (χ2n) is 6.90. The van der Waals surface area contributed by atoms with Gasteiger partial charge >= 0.3 is 0 Å². The summed E-state index contributed by atoms with van der Waals surface area (Å²) in [6, 6.07) is 23.8. The van der Waals surface area contributed by atoms with E-state index in [-0.39, 0.29) is 11.7 Å². The van der Waals surface area contributed by atoms with Crippen LogP contribution < -0.4 is 4.80 Å². The van der Waals surface area contributed by atoms with Gasteiger partial charge in [-0.3, -0.25) is 4.79 Å². The first-order chi connectivity index (χ1) is 14.6. The Morgan fingerprint density at radius 3 is 2.30 bits per heavy atom. The lowest BCUT2D eigenvalue weighted by Gasteiger charge is -2.07. The van der Waals surface area contributed by atoms with Crippen LogP contribution in [-0.2, 0) is 13.5 Å². The van der Waals surface area contributed by atoms with E-state index in [1.165, 1.54) is 23.5 Å². The summed E-state index contributed by atoms with van der Waals surface area (Å²) >= 11 is 1.49. The summed E-state index contributed by atoms with van der Waals surface area (Å²) in [6.07, 6.45) is 0.801. The number of halogens is 1. The maximum absolute atomic E-state index is 13.4. The summed E-state index contributed by atoms with van der Waals surface area (Å²) < 4.78 is 15.3. The lowest BCUT2D eigenvalue weighted by atomic mass is 9.99. The lowest BCUT2D eigenvalue weighted by molar-refractivity contribution is 0.0998. The molecule has 3 aromatic carbocycles. The minimum absolute atomic E-state index is 0.271. The molecule has 1 heterocycles. The Hall–Kier alpha value is -3.31. The molecule has 0 saturated carbocycles. The summed E-state index contributed by atoms with van der Waals surface area (Å²) in [6.45, 7) is 2.06. The van der Waals surface area contributed by atoms with E-state index >= 15 is 0 Å². The molecule has 0 N–H and O–H groups in total. The molecule has 0 aliphatic carbocycles. The fraction of sp³-hybridized carbons (Fsp3) is 0.120. The molecule has 3 nitrogen and oxygen atoms in total. The number of nitrogens with zero attached hydrogens (tertiary/aromatic N) is 2. The zero-order chi connectivity index (χ0) is 21.1. The van der Waals surface area contributed by atoms with Crippen LogP contribution in [0, 0.1) is 5.82 Å². The van der Waals surface area contributed by atoms with Gasteiger partial charge in [0.05, 0.1) is 5.69 Å². The second-order valence-corrected chi connectivity index (χ2v) is 7.97. The molecule has 1 aromatic heterocycles. The fourth-order valence-electron chi connectivity index (χ4n) is 3.50. The van der Waals surface area contributed by atoms with Crippen molar-refractivity contribution in [3.05, 3.63) is 99.9 Å². The lowest BCUT2D eigenvalue weighted by Crippen LogP contribution is -2.14. The van der Waals surface area contributed by atoms with Crippen LogP contribution in [0.2, 0.25) is 0 Å². The first-order valence-electron chi connectivity index (χ1n) is 9.76. The van der Waals surface area contributed by atoms with E-state index in [4.69, 9.17) is 0 Å². The number of carbonyl (C=O) groups excluding carboxylic acids is 1. The first kappa shape index (κ1) is 20.0. The predicted octanol–water partition coefficient (Wildman–Crippen LogP) is 5.86. The highest BCUT2D eigenvalue weighted by molar-refractivity contribution is 7.09. The molecule has 0 atom stereocenters. The molecule has 0 unspecified atom stereocenters. The van der Waals surface area contributed by atoms with Crippen molar-refractivity contribution in [3.63, 3.8) is 0 Å². The van der Waals surface area contributed by atoms with Gasteiger partial charge in [0.25, 0.3) is 5.91 Å². The van der Waals surface area contributed by atoms with Crippen molar-refractivity contribution in [2.24, 2.45) is 12.0 Å². The molecule has 1 amide bonds. The quantitative estimate of drug-likeness (QED) is 0.410. The van der Waals surface area contributed by atoms with Crippen LogP contribution in [0.15, 0.2) is 83.9 Å². The molecule has 30 heavy (non-hydrogen) atoms. The van der Waals surface area contributed by atoms with Crippen molar-refractivity contribution in [1.82, 2.24) is 4.57 Å². The zero-order valence-electron chi connectivity index (χ0n) is 16.8. The number of thiazole rings is 1. The number of benzene rings is 3. The van der Waals surface area contributed by atoms with E-state index < -0.39 is 0 Å². The van der Waals surface area contributed by atoms with E-state index in [0.29, 0.717) is 10.4 Å². The van der Waals surface area contributed by atoms with Crippen LogP contribution in [-0.4, -0.2) is 10.5 Å². The highest BCUT2D eigenvalue weighted by Crippen LogP contribution is 2.27. The minimum Gasteiger partial charge on any atom is -0.319 e. The van der Waals surface area contributed by atoms with Crippen molar-refractivity contribution in [1.29, 1.82) is 0 Å². The van der Waals surface area contributed by atoms with Gasteiger partial charge in [-0.1, -0.05) is 55.5 Å². The molecule has 150 valence electrons. The van der Waals surface area contributed by atoms with Gasteiger partial charge in [0.15, 0.2) is 4.80 Å². The van der Waals surface area contributed by atoms with Gasteiger partial charge < -0.3 is 4.57 Å². The molecule has 0 bridgehead atoms. The molecule has 0 radical (unpaired) electrons. The smallest absolute Gasteiger partial charge is 0.280 e. The van der Waals surface area contributed by atoms with Gasteiger partial charge in [0.2, 0.25) is 0 Å². The average molecular weight is 417 g/mol. The Morgan fingerprint density at radius 2 is 1.60 bits per heavy atom. The third kappa shape index (κ3) is 3.89.